The topological polar surface area (TPSA) is 103 Å². The predicted octanol–water partition coefficient (Wildman–Crippen LogP) is 6.01. The number of urea groups is 1. The average Bonchev–Trinajstić information content (AvgIpc) is 3.32. The number of fused-ring (bicyclic) bond motifs is 1. The van der Waals surface area contributed by atoms with Gasteiger partial charge in [-0.25, -0.2) is 9.48 Å². The number of carbonyl (C=O) groups excluding carboxylic acids is 2. The lowest BCUT2D eigenvalue weighted by Crippen LogP contribution is -2.39. The van der Waals surface area contributed by atoms with Crippen LogP contribution < -0.4 is 5.73 Å². The van der Waals surface area contributed by atoms with Gasteiger partial charge in [-0.05, 0) is 86.3 Å². The van der Waals surface area contributed by atoms with Crippen molar-refractivity contribution in [3.63, 3.8) is 0 Å². The molecule has 1 aliphatic rings. The minimum Gasteiger partial charge on any atom is -0.469 e. The highest BCUT2D eigenvalue weighted by atomic mass is 16.5. The van der Waals surface area contributed by atoms with Gasteiger partial charge in [-0.1, -0.05) is 55.7 Å². The number of primary amides is 1. The number of ether oxygens (including phenoxy) is 1. The number of esters is 1. The number of methoxy groups -OCH3 is 1. The second-order valence-electron chi connectivity index (χ2n) is 12.2. The van der Waals surface area contributed by atoms with E-state index in [9.17, 15) is 9.59 Å². The summed E-state index contributed by atoms with van der Waals surface area (Å²) >= 11 is 0. The summed E-state index contributed by atoms with van der Waals surface area (Å²) in [4.78, 5) is 27.5. The Morgan fingerprint density at radius 3 is 2.42 bits per heavy atom. The number of rotatable bonds is 9. The maximum atomic E-state index is 13.2. The van der Waals surface area contributed by atoms with E-state index in [1.54, 1.807) is 9.58 Å². The summed E-state index contributed by atoms with van der Waals surface area (Å²) in [5, 5.41) is 8.60. The molecule has 1 saturated carbocycles. The second kappa shape index (κ2) is 12.0. The van der Waals surface area contributed by atoms with E-state index in [1.807, 2.05) is 33.9 Å². The van der Waals surface area contributed by atoms with E-state index >= 15 is 0 Å². The van der Waals surface area contributed by atoms with Crippen LogP contribution in [-0.2, 0) is 23.1 Å². The van der Waals surface area contributed by atoms with Gasteiger partial charge in [0.2, 0.25) is 0 Å². The van der Waals surface area contributed by atoms with Gasteiger partial charge in [0, 0.05) is 26.1 Å². The number of hydrogen-bond donors (Lipinski definition) is 1. The van der Waals surface area contributed by atoms with Gasteiger partial charge in [0.15, 0.2) is 0 Å². The Balaban J connectivity index is 1.72. The van der Waals surface area contributed by atoms with Crippen LogP contribution in [0.15, 0.2) is 30.3 Å². The van der Waals surface area contributed by atoms with E-state index in [4.69, 9.17) is 10.5 Å². The van der Waals surface area contributed by atoms with Gasteiger partial charge < -0.3 is 15.4 Å². The minimum atomic E-state index is -0.872. The molecule has 1 aromatic heterocycles. The maximum absolute atomic E-state index is 13.2. The van der Waals surface area contributed by atoms with Crippen molar-refractivity contribution >= 4 is 23.0 Å². The fourth-order valence-corrected chi connectivity index (χ4v) is 6.54. The summed E-state index contributed by atoms with van der Waals surface area (Å²) in [6, 6.07) is 9.97. The number of benzene rings is 2. The first-order valence-corrected chi connectivity index (χ1v) is 14.5. The van der Waals surface area contributed by atoms with Crippen LogP contribution >= 0.6 is 0 Å². The minimum absolute atomic E-state index is 0.292. The third-order valence-electron chi connectivity index (χ3n) is 9.22. The van der Waals surface area contributed by atoms with E-state index in [0.29, 0.717) is 19.0 Å². The summed E-state index contributed by atoms with van der Waals surface area (Å²) in [5.74, 6) is 0.680. The molecule has 3 aromatic rings. The SMILES string of the molecule is CCC1CCC(CN(Cc2cc(C(c3ccc4c(nnn4C)c3C)C(C)(C)C(=O)OC)ccc2C)C(N)=O)CC1. The van der Waals surface area contributed by atoms with Crippen LogP contribution in [0.1, 0.15) is 86.6 Å². The van der Waals surface area contributed by atoms with Crippen molar-refractivity contribution in [2.24, 2.45) is 30.0 Å². The van der Waals surface area contributed by atoms with Crippen LogP contribution in [-0.4, -0.2) is 45.5 Å². The Kier molecular flexibility index (Phi) is 8.86. The van der Waals surface area contributed by atoms with Gasteiger partial charge in [0.05, 0.1) is 18.0 Å². The third-order valence-corrected chi connectivity index (χ3v) is 9.22. The van der Waals surface area contributed by atoms with Crippen molar-refractivity contribution in [3.8, 4) is 0 Å². The Morgan fingerprint density at radius 2 is 1.80 bits per heavy atom. The van der Waals surface area contributed by atoms with E-state index < -0.39 is 11.4 Å². The summed E-state index contributed by atoms with van der Waals surface area (Å²) in [5.41, 5.74) is 11.9. The predicted molar refractivity (Wildman–Crippen MR) is 158 cm³/mol. The zero-order valence-electron chi connectivity index (χ0n) is 25.2. The number of aromatic nitrogens is 3. The van der Waals surface area contributed by atoms with Crippen LogP contribution in [0.2, 0.25) is 0 Å². The molecular weight excluding hydrogens is 502 g/mol. The highest BCUT2D eigenvalue weighted by molar-refractivity contribution is 5.82. The molecular formula is C32H45N5O3. The van der Waals surface area contributed by atoms with Gasteiger partial charge in [-0.2, -0.15) is 0 Å². The van der Waals surface area contributed by atoms with E-state index in [0.717, 1.165) is 57.6 Å². The monoisotopic (exact) mass is 547 g/mol. The van der Waals surface area contributed by atoms with Crippen molar-refractivity contribution in [3.05, 3.63) is 58.1 Å². The number of nitrogens with two attached hydrogens (primary N) is 1. The van der Waals surface area contributed by atoms with Crippen LogP contribution in [0.25, 0.3) is 11.0 Å². The van der Waals surface area contributed by atoms with Crippen LogP contribution in [0, 0.1) is 31.1 Å². The number of amides is 2. The molecule has 2 amide bonds. The zero-order valence-corrected chi connectivity index (χ0v) is 25.2. The molecule has 8 nitrogen and oxygen atoms in total. The fraction of sp³-hybridized carbons (Fsp3) is 0.562. The highest BCUT2D eigenvalue weighted by Gasteiger charge is 2.41. The van der Waals surface area contributed by atoms with Crippen LogP contribution in [0.5, 0.6) is 0 Å². The summed E-state index contributed by atoms with van der Waals surface area (Å²) < 4.78 is 7.03. The maximum Gasteiger partial charge on any atom is 0.315 e. The molecule has 2 aromatic carbocycles. The Hall–Kier alpha value is -3.42. The second-order valence-corrected chi connectivity index (χ2v) is 12.2. The first-order valence-electron chi connectivity index (χ1n) is 14.5. The Bertz CT molecular complexity index is 1370. The van der Waals surface area contributed by atoms with Gasteiger partial charge in [0.25, 0.3) is 0 Å². The average molecular weight is 548 g/mol. The lowest BCUT2D eigenvalue weighted by molar-refractivity contribution is -0.151. The third kappa shape index (κ3) is 5.86. The van der Waals surface area contributed by atoms with Gasteiger partial charge in [-0.3, -0.25) is 4.79 Å². The Morgan fingerprint density at radius 1 is 1.12 bits per heavy atom. The molecule has 1 fully saturated rings. The lowest BCUT2D eigenvalue weighted by atomic mass is 9.69. The molecule has 0 saturated heterocycles. The number of carbonyl (C=O) groups is 2. The molecule has 1 unspecified atom stereocenters. The van der Waals surface area contributed by atoms with Crippen LogP contribution in [0.4, 0.5) is 4.79 Å². The van der Waals surface area contributed by atoms with E-state index in [2.05, 4.69) is 48.4 Å². The molecule has 0 bridgehead atoms. The summed E-state index contributed by atoms with van der Waals surface area (Å²) in [6.45, 7) is 11.3. The molecule has 1 heterocycles. The molecule has 0 spiro atoms. The lowest BCUT2D eigenvalue weighted by Gasteiger charge is -2.34. The molecule has 40 heavy (non-hydrogen) atoms. The van der Waals surface area contributed by atoms with Gasteiger partial charge >= 0.3 is 12.0 Å². The molecule has 2 N–H and O–H groups in total. The Labute approximate surface area is 238 Å². The standard InChI is InChI=1S/C32H45N5O3/c1-8-22-10-12-23(13-11-22)18-37(31(33)39)19-25-17-24(14-9-20(25)2)28(32(4,5)30(38)40-7)26-15-16-27-29(21(26)3)34-35-36(27)6/h9,14-17,22-23,28H,8,10-13,18-19H2,1-7H3,(H2,33,39). The molecule has 0 aliphatic heterocycles. The summed E-state index contributed by atoms with van der Waals surface area (Å²) in [6.07, 6.45) is 5.95. The first-order chi connectivity index (χ1) is 19.0. The van der Waals surface area contributed by atoms with Crippen molar-refractivity contribution < 1.29 is 14.3 Å². The molecule has 1 aliphatic carbocycles. The van der Waals surface area contributed by atoms with Crippen LogP contribution in [0.3, 0.4) is 0 Å². The van der Waals surface area contributed by atoms with Crippen molar-refractivity contribution in [2.45, 2.75) is 79.2 Å². The highest BCUT2D eigenvalue weighted by Crippen LogP contribution is 2.44. The molecule has 4 rings (SSSR count). The normalized spacial score (nSPS) is 18.5. The van der Waals surface area contributed by atoms with E-state index in [1.165, 1.54) is 26.4 Å². The molecule has 8 heteroatoms. The molecule has 216 valence electrons. The number of nitrogens with zero attached hydrogens (tertiary/aromatic N) is 4. The van der Waals surface area contributed by atoms with Crippen molar-refractivity contribution in [2.75, 3.05) is 13.7 Å². The summed E-state index contributed by atoms with van der Waals surface area (Å²) in [7, 11) is 3.30. The fourth-order valence-electron chi connectivity index (χ4n) is 6.54. The first kappa shape index (κ1) is 29.6. The molecule has 1 atom stereocenters. The number of hydrogen-bond acceptors (Lipinski definition) is 5. The van der Waals surface area contributed by atoms with Crippen molar-refractivity contribution in [1.82, 2.24) is 19.9 Å². The number of aryl methyl sites for hydroxylation is 3. The quantitative estimate of drug-likeness (QED) is 0.330. The van der Waals surface area contributed by atoms with Gasteiger partial charge in [-0.15, -0.1) is 5.10 Å². The molecule has 0 radical (unpaired) electrons. The van der Waals surface area contributed by atoms with E-state index in [-0.39, 0.29) is 11.9 Å². The van der Waals surface area contributed by atoms with Crippen molar-refractivity contribution in [1.29, 1.82) is 0 Å². The van der Waals surface area contributed by atoms with Gasteiger partial charge in [0.1, 0.15) is 5.52 Å². The largest absolute Gasteiger partial charge is 0.469 e. The zero-order chi connectivity index (χ0) is 29.2. The smallest absolute Gasteiger partial charge is 0.315 e.